The largest absolute Gasteiger partial charge is 0.383 e. The van der Waals surface area contributed by atoms with Gasteiger partial charge in [-0.25, -0.2) is 0 Å². The lowest BCUT2D eigenvalue weighted by molar-refractivity contribution is -0.384. The summed E-state index contributed by atoms with van der Waals surface area (Å²) in [5, 5.41) is 15.2. The molecule has 1 heterocycles. The second kappa shape index (κ2) is 7.44. The molecule has 3 aromatic carbocycles. The Morgan fingerprint density at radius 3 is 2.11 bits per heavy atom. The number of hydrogen-bond acceptors (Lipinski definition) is 5. The van der Waals surface area contributed by atoms with Crippen LogP contribution in [-0.2, 0) is 4.84 Å². The van der Waals surface area contributed by atoms with E-state index in [9.17, 15) is 14.9 Å². The van der Waals surface area contributed by atoms with E-state index in [4.69, 9.17) is 4.84 Å². The van der Waals surface area contributed by atoms with Crippen molar-refractivity contribution >= 4 is 17.2 Å². The van der Waals surface area contributed by atoms with Gasteiger partial charge in [-0.05, 0) is 5.56 Å². The van der Waals surface area contributed by atoms with Crippen LogP contribution in [-0.4, -0.2) is 22.5 Å². The molecule has 28 heavy (non-hydrogen) atoms. The molecule has 0 N–H and O–H groups in total. The smallest absolute Gasteiger partial charge is 0.269 e. The lowest BCUT2D eigenvalue weighted by Crippen LogP contribution is -2.30. The fourth-order valence-corrected chi connectivity index (χ4v) is 3.32. The molecule has 138 valence electrons. The monoisotopic (exact) mass is 372 g/mol. The van der Waals surface area contributed by atoms with Crippen LogP contribution < -0.4 is 0 Å². The van der Waals surface area contributed by atoms with Gasteiger partial charge in [0, 0.05) is 23.3 Å². The maximum atomic E-state index is 13.1. The Balaban J connectivity index is 1.75. The summed E-state index contributed by atoms with van der Waals surface area (Å²) >= 11 is 0. The molecule has 4 rings (SSSR count). The minimum absolute atomic E-state index is 0.00759. The average Bonchev–Trinajstić information content (AvgIpc) is 3.19. The molecule has 6 heteroatoms. The lowest BCUT2D eigenvalue weighted by atomic mass is 9.83. The van der Waals surface area contributed by atoms with E-state index in [1.54, 1.807) is 36.4 Å². The van der Waals surface area contributed by atoms with Gasteiger partial charge in [-0.1, -0.05) is 78.0 Å². The van der Waals surface area contributed by atoms with Gasteiger partial charge in [0.05, 0.1) is 16.6 Å². The highest BCUT2D eigenvalue weighted by molar-refractivity contribution is 6.12. The Bertz CT molecular complexity index is 1030. The quantitative estimate of drug-likeness (QED) is 0.378. The third kappa shape index (κ3) is 3.27. The molecule has 6 nitrogen and oxygen atoms in total. The van der Waals surface area contributed by atoms with Gasteiger partial charge in [-0.15, -0.1) is 0 Å². The molecule has 0 unspecified atom stereocenters. The van der Waals surface area contributed by atoms with E-state index < -0.39 is 16.9 Å². The fraction of sp³-hybridized carbons (Fsp3) is 0.0909. The van der Waals surface area contributed by atoms with Crippen molar-refractivity contribution in [2.75, 3.05) is 0 Å². The number of hydrogen-bond donors (Lipinski definition) is 0. The summed E-state index contributed by atoms with van der Waals surface area (Å²) in [7, 11) is 0. The van der Waals surface area contributed by atoms with Crippen LogP contribution in [0.2, 0.25) is 0 Å². The van der Waals surface area contributed by atoms with E-state index in [2.05, 4.69) is 5.16 Å². The molecule has 0 saturated carbocycles. The Hall–Kier alpha value is -3.80. The van der Waals surface area contributed by atoms with Crippen LogP contribution in [0.1, 0.15) is 27.4 Å². The van der Waals surface area contributed by atoms with Crippen LogP contribution in [0.5, 0.6) is 0 Å². The minimum Gasteiger partial charge on any atom is -0.383 e. The number of Topliss-reactive ketones (excluding diaryl/α,β-unsaturated/α-hetero) is 1. The fourth-order valence-electron chi connectivity index (χ4n) is 3.32. The number of ketones is 1. The van der Waals surface area contributed by atoms with Crippen LogP contribution in [0, 0.1) is 10.1 Å². The molecule has 1 aliphatic rings. The van der Waals surface area contributed by atoms with Gasteiger partial charge in [0.15, 0.2) is 0 Å². The van der Waals surface area contributed by atoms with Gasteiger partial charge >= 0.3 is 0 Å². The van der Waals surface area contributed by atoms with Crippen molar-refractivity contribution in [2.24, 2.45) is 5.16 Å². The van der Waals surface area contributed by atoms with Gasteiger partial charge < -0.3 is 4.84 Å². The lowest BCUT2D eigenvalue weighted by Gasteiger charge is -2.18. The number of carbonyl (C=O) groups is 1. The van der Waals surface area contributed by atoms with Crippen molar-refractivity contribution in [1.82, 2.24) is 0 Å². The van der Waals surface area contributed by atoms with Gasteiger partial charge in [0.1, 0.15) is 0 Å². The summed E-state index contributed by atoms with van der Waals surface area (Å²) in [6.45, 7) is 0. The highest BCUT2D eigenvalue weighted by Gasteiger charge is 2.41. The predicted octanol–water partition coefficient (Wildman–Crippen LogP) is 4.36. The maximum absolute atomic E-state index is 13.1. The van der Waals surface area contributed by atoms with Gasteiger partial charge in [-0.3, -0.25) is 14.9 Å². The number of non-ortho nitro benzene ring substituents is 1. The van der Waals surface area contributed by atoms with Gasteiger partial charge in [-0.2, -0.15) is 0 Å². The molecule has 2 atom stereocenters. The third-order valence-corrected chi connectivity index (χ3v) is 4.71. The van der Waals surface area contributed by atoms with Crippen LogP contribution in [0.3, 0.4) is 0 Å². The number of nitro benzene ring substituents is 1. The molecule has 0 radical (unpaired) electrons. The zero-order chi connectivity index (χ0) is 19.5. The average molecular weight is 372 g/mol. The molecule has 0 aliphatic carbocycles. The second-order valence-electron chi connectivity index (χ2n) is 6.43. The summed E-state index contributed by atoms with van der Waals surface area (Å²) in [6, 6.07) is 24.5. The van der Waals surface area contributed by atoms with E-state index in [0.29, 0.717) is 11.3 Å². The van der Waals surface area contributed by atoms with Crippen LogP contribution in [0.15, 0.2) is 90.1 Å². The van der Waals surface area contributed by atoms with E-state index in [1.165, 1.54) is 12.1 Å². The first-order chi connectivity index (χ1) is 13.6. The van der Waals surface area contributed by atoms with E-state index in [1.807, 2.05) is 36.4 Å². The molecule has 0 saturated heterocycles. The SMILES string of the molecule is O=C(c1ccccc1)[C@@H]1ON=C(c2ccccc2)[C@H]1c1ccc([N+](=O)[O-])cc1. The Labute approximate surface area is 161 Å². The van der Waals surface area contributed by atoms with Crippen LogP contribution in [0.25, 0.3) is 0 Å². The van der Waals surface area contributed by atoms with E-state index in [-0.39, 0.29) is 11.5 Å². The van der Waals surface area contributed by atoms with E-state index >= 15 is 0 Å². The number of rotatable bonds is 5. The standard InChI is InChI=1S/C22H16N2O4/c25-21(17-9-5-2-6-10-17)22-19(15-11-13-18(14-12-15)24(26)27)20(23-28-22)16-7-3-1-4-8-16/h1-14,19,22H/t19-,22-/m1/s1. The zero-order valence-electron chi connectivity index (χ0n) is 14.8. The van der Waals surface area contributed by atoms with Crippen molar-refractivity contribution in [1.29, 1.82) is 0 Å². The summed E-state index contributed by atoms with van der Waals surface area (Å²) in [4.78, 5) is 29.2. The Morgan fingerprint density at radius 1 is 0.893 bits per heavy atom. The highest BCUT2D eigenvalue weighted by atomic mass is 16.6. The summed E-state index contributed by atoms with van der Waals surface area (Å²) in [5.74, 6) is -0.644. The maximum Gasteiger partial charge on any atom is 0.269 e. The molecule has 0 fully saturated rings. The molecular formula is C22H16N2O4. The number of benzene rings is 3. The van der Waals surface area contributed by atoms with Gasteiger partial charge in [0.2, 0.25) is 11.9 Å². The van der Waals surface area contributed by atoms with Crippen molar-refractivity contribution in [3.05, 3.63) is 112 Å². The Kier molecular flexibility index (Phi) is 4.68. The number of nitro groups is 1. The number of carbonyl (C=O) groups excluding carboxylic acids is 1. The first-order valence-corrected chi connectivity index (χ1v) is 8.78. The van der Waals surface area contributed by atoms with Crippen molar-refractivity contribution in [3.8, 4) is 0 Å². The first kappa shape index (κ1) is 17.6. The van der Waals surface area contributed by atoms with Gasteiger partial charge in [0.25, 0.3) is 5.69 Å². The van der Waals surface area contributed by atoms with E-state index in [0.717, 1.165) is 11.1 Å². The molecule has 0 spiro atoms. The van der Waals surface area contributed by atoms with Crippen molar-refractivity contribution in [2.45, 2.75) is 12.0 Å². The van der Waals surface area contributed by atoms with Crippen LogP contribution >= 0.6 is 0 Å². The first-order valence-electron chi connectivity index (χ1n) is 8.78. The number of nitrogens with zero attached hydrogens (tertiary/aromatic N) is 2. The van der Waals surface area contributed by atoms with Crippen molar-refractivity contribution in [3.63, 3.8) is 0 Å². The molecular weight excluding hydrogens is 356 g/mol. The third-order valence-electron chi connectivity index (χ3n) is 4.71. The topological polar surface area (TPSA) is 81.8 Å². The minimum atomic E-state index is -0.834. The molecule has 0 amide bonds. The summed E-state index contributed by atoms with van der Waals surface area (Å²) in [6.07, 6.45) is -0.834. The van der Waals surface area contributed by atoms with Crippen LogP contribution in [0.4, 0.5) is 5.69 Å². The summed E-state index contributed by atoms with van der Waals surface area (Å²) < 4.78 is 0. The normalized spacial score (nSPS) is 18.2. The molecule has 0 aromatic heterocycles. The summed E-state index contributed by atoms with van der Waals surface area (Å²) in [5.41, 5.74) is 2.73. The Morgan fingerprint density at radius 2 is 1.50 bits per heavy atom. The molecule has 1 aliphatic heterocycles. The molecule has 0 bridgehead atoms. The molecule has 3 aromatic rings. The van der Waals surface area contributed by atoms with Crippen molar-refractivity contribution < 1.29 is 14.6 Å². The second-order valence-corrected chi connectivity index (χ2v) is 6.43. The highest BCUT2D eigenvalue weighted by Crippen LogP contribution is 2.35. The number of oxime groups is 1. The zero-order valence-corrected chi connectivity index (χ0v) is 14.8. The predicted molar refractivity (Wildman–Crippen MR) is 104 cm³/mol.